The molecule has 0 aliphatic carbocycles. The molecule has 0 N–H and O–H groups in total. The van der Waals surface area contributed by atoms with Gasteiger partial charge in [-0.1, -0.05) is 30.8 Å². The SMILES string of the molecule is CC[C@@H](C)N(C(=O)CSc1nnnn1-c1ccccc1OC)[C@@H]1CCS(=O)(=O)C1. The second-order valence-electron chi connectivity index (χ2n) is 6.95. The Kier molecular flexibility index (Phi) is 6.78. The van der Waals surface area contributed by atoms with Crippen LogP contribution in [0, 0.1) is 0 Å². The molecule has 29 heavy (non-hydrogen) atoms. The van der Waals surface area contributed by atoms with Gasteiger partial charge in [-0.05, 0) is 42.3 Å². The van der Waals surface area contributed by atoms with E-state index < -0.39 is 9.84 Å². The highest BCUT2D eigenvalue weighted by Crippen LogP contribution is 2.27. The van der Waals surface area contributed by atoms with Gasteiger partial charge in [-0.25, -0.2) is 8.42 Å². The van der Waals surface area contributed by atoms with Crippen molar-refractivity contribution in [1.29, 1.82) is 0 Å². The maximum Gasteiger partial charge on any atom is 0.233 e. The van der Waals surface area contributed by atoms with E-state index in [0.29, 0.717) is 23.0 Å². The van der Waals surface area contributed by atoms with Crippen molar-refractivity contribution >= 4 is 27.5 Å². The molecule has 1 aliphatic rings. The number of aromatic nitrogens is 4. The molecule has 9 nitrogen and oxygen atoms in total. The average Bonchev–Trinajstić information content (AvgIpc) is 3.32. The fourth-order valence-electron chi connectivity index (χ4n) is 3.43. The maximum atomic E-state index is 13.0. The Hall–Kier alpha value is -2.14. The molecule has 1 aliphatic heterocycles. The summed E-state index contributed by atoms with van der Waals surface area (Å²) in [6, 6.07) is 7.03. The van der Waals surface area contributed by atoms with E-state index in [4.69, 9.17) is 4.74 Å². The summed E-state index contributed by atoms with van der Waals surface area (Å²) in [4.78, 5) is 14.7. The molecule has 2 heterocycles. The lowest BCUT2D eigenvalue weighted by atomic mass is 10.1. The molecule has 0 radical (unpaired) electrons. The number of hydrogen-bond donors (Lipinski definition) is 0. The molecule has 0 saturated carbocycles. The van der Waals surface area contributed by atoms with Crippen molar-refractivity contribution < 1.29 is 17.9 Å². The summed E-state index contributed by atoms with van der Waals surface area (Å²) < 4.78 is 30.7. The highest BCUT2D eigenvalue weighted by molar-refractivity contribution is 7.99. The zero-order chi connectivity index (χ0) is 21.0. The van der Waals surface area contributed by atoms with Gasteiger partial charge in [0.2, 0.25) is 11.1 Å². The van der Waals surface area contributed by atoms with Crippen LogP contribution < -0.4 is 4.74 Å². The Labute approximate surface area is 174 Å². The van der Waals surface area contributed by atoms with E-state index in [2.05, 4.69) is 15.5 Å². The molecule has 2 aromatic rings. The summed E-state index contributed by atoms with van der Waals surface area (Å²) in [5.41, 5.74) is 0.676. The first-order valence-corrected chi connectivity index (χ1v) is 12.2. The van der Waals surface area contributed by atoms with Crippen LogP contribution in [0.3, 0.4) is 0 Å². The summed E-state index contributed by atoms with van der Waals surface area (Å²) in [5.74, 6) is 0.798. The number of ether oxygens (including phenoxy) is 1. The van der Waals surface area contributed by atoms with E-state index in [1.807, 2.05) is 38.1 Å². The number of sulfone groups is 1. The zero-order valence-corrected chi connectivity index (χ0v) is 18.3. The number of thioether (sulfide) groups is 1. The minimum absolute atomic E-state index is 0.0344. The van der Waals surface area contributed by atoms with Gasteiger partial charge in [0.15, 0.2) is 9.84 Å². The summed E-state index contributed by atoms with van der Waals surface area (Å²) in [7, 11) is -1.51. The molecule has 1 saturated heterocycles. The molecule has 158 valence electrons. The molecule has 0 unspecified atom stereocenters. The lowest BCUT2D eigenvalue weighted by Crippen LogP contribution is -2.47. The van der Waals surface area contributed by atoms with Crippen molar-refractivity contribution in [2.45, 2.75) is 43.9 Å². The lowest BCUT2D eigenvalue weighted by Gasteiger charge is -2.33. The van der Waals surface area contributed by atoms with Gasteiger partial charge in [-0.2, -0.15) is 4.68 Å². The number of hydrogen-bond acceptors (Lipinski definition) is 8. The van der Waals surface area contributed by atoms with E-state index in [1.165, 1.54) is 16.4 Å². The maximum absolute atomic E-state index is 13.0. The molecule has 3 rings (SSSR count). The number of benzene rings is 1. The highest BCUT2D eigenvalue weighted by atomic mass is 32.2. The van der Waals surface area contributed by atoms with Crippen LogP contribution in [-0.2, 0) is 14.6 Å². The minimum Gasteiger partial charge on any atom is -0.494 e. The van der Waals surface area contributed by atoms with Gasteiger partial charge in [-0.3, -0.25) is 4.79 Å². The van der Waals surface area contributed by atoms with Crippen LogP contribution in [0.1, 0.15) is 26.7 Å². The zero-order valence-electron chi connectivity index (χ0n) is 16.7. The fraction of sp³-hybridized carbons (Fsp3) is 0.556. The van der Waals surface area contributed by atoms with Gasteiger partial charge >= 0.3 is 0 Å². The highest BCUT2D eigenvalue weighted by Gasteiger charge is 2.36. The van der Waals surface area contributed by atoms with Crippen LogP contribution in [0.2, 0.25) is 0 Å². The minimum atomic E-state index is -3.08. The van der Waals surface area contributed by atoms with E-state index in [9.17, 15) is 13.2 Å². The molecule has 0 bridgehead atoms. The van der Waals surface area contributed by atoms with Gasteiger partial charge in [0, 0.05) is 12.1 Å². The van der Waals surface area contributed by atoms with E-state index in [0.717, 1.165) is 6.42 Å². The first-order valence-electron chi connectivity index (χ1n) is 9.42. The Morgan fingerprint density at radius 3 is 2.83 bits per heavy atom. The third-order valence-electron chi connectivity index (χ3n) is 5.03. The Morgan fingerprint density at radius 2 is 2.17 bits per heavy atom. The normalized spacial score (nSPS) is 19.1. The van der Waals surface area contributed by atoms with Gasteiger partial charge in [-0.15, -0.1) is 5.10 Å². The third-order valence-corrected chi connectivity index (χ3v) is 7.69. The number of rotatable bonds is 8. The summed E-state index contributed by atoms with van der Waals surface area (Å²) >= 11 is 1.22. The van der Waals surface area contributed by atoms with Gasteiger partial charge in [0.1, 0.15) is 11.4 Å². The number of tetrazole rings is 1. The Balaban J connectivity index is 1.75. The van der Waals surface area contributed by atoms with Gasteiger partial charge in [0.25, 0.3) is 0 Å². The predicted octanol–water partition coefficient (Wildman–Crippen LogP) is 1.58. The van der Waals surface area contributed by atoms with Crippen molar-refractivity contribution in [2.75, 3.05) is 24.4 Å². The van der Waals surface area contributed by atoms with Crippen molar-refractivity contribution in [3.63, 3.8) is 0 Å². The molecular weight excluding hydrogens is 414 g/mol. The largest absolute Gasteiger partial charge is 0.494 e. The van der Waals surface area contributed by atoms with Gasteiger partial charge < -0.3 is 9.64 Å². The van der Waals surface area contributed by atoms with Crippen LogP contribution in [-0.4, -0.2) is 75.9 Å². The van der Waals surface area contributed by atoms with Gasteiger partial charge in [0.05, 0.1) is 24.4 Å². The van der Waals surface area contributed by atoms with E-state index >= 15 is 0 Å². The third kappa shape index (κ3) is 4.89. The summed E-state index contributed by atoms with van der Waals surface area (Å²) in [5, 5.41) is 12.2. The summed E-state index contributed by atoms with van der Waals surface area (Å²) in [6.07, 6.45) is 1.24. The molecule has 2 atom stereocenters. The quantitative estimate of drug-likeness (QED) is 0.571. The van der Waals surface area contributed by atoms with Crippen LogP contribution in [0.15, 0.2) is 29.4 Å². The summed E-state index contributed by atoms with van der Waals surface area (Å²) in [6.45, 7) is 3.94. The monoisotopic (exact) mass is 439 g/mol. The Bertz CT molecular complexity index is 963. The smallest absolute Gasteiger partial charge is 0.233 e. The topological polar surface area (TPSA) is 107 Å². The van der Waals surface area contributed by atoms with Crippen molar-refractivity contribution in [1.82, 2.24) is 25.1 Å². The van der Waals surface area contributed by atoms with Crippen LogP contribution in [0.4, 0.5) is 0 Å². The fourth-order valence-corrected chi connectivity index (χ4v) is 5.89. The van der Waals surface area contributed by atoms with Crippen molar-refractivity contribution in [3.05, 3.63) is 24.3 Å². The van der Waals surface area contributed by atoms with Crippen LogP contribution in [0.25, 0.3) is 5.69 Å². The first kappa shape index (κ1) is 21.6. The number of nitrogens with zero attached hydrogens (tertiary/aromatic N) is 5. The number of methoxy groups -OCH3 is 1. The average molecular weight is 440 g/mol. The van der Waals surface area contributed by atoms with Crippen LogP contribution >= 0.6 is 11.8 Å². The molecule has 1 aromatic carbocycles. The van der Waals surface area contributed by atoms with Crippen molar-refractivity contribution in [3.8, 4) is 11.4 Å². The van der Waals surface area contributed by atoms with E-state index in [-0.39, 0.29) is 35.2 Å². The molecule has 1 aromatic heterocycles. The van der Waals surface area contributed by atoms with E-state index in [1.54, 1.807) is 12.0 Å². The molecule has 11 heteroatoms. The second-order valence-corrected chi connectivity index (χ2v) is 10.1. The second kappa shape index (κ2) is 9.12. The van der Waals surface area contributed by atoms with Crippen molar-refractivity contribution in [2.24, 2.45) is 0 Å². The first-order chi connectivity index (χ1) is 13.9. The lowest BCUT2D eigenvalue weighted by molar-refractivity contribution is -0.132. The Morgan fingerprint density at radius 1 is 1.41 bits per heavy atom. The standard InChI is InChI=1S/C18H25N5O4S2/c1-4-13(2)22(14-9-10-29(25,26)12-14)17(24)11-28-18-19-20-21-23(18)15-7-5-6-8-16(15)27-3/h5-8,13-14H,4,9-12H2,1-3H3/t13-,14-/m1/s1. The van der Waals surface area contributed by atoms with Crippen LogP contribution in [0.5, 0.6) is 5.75 Å². The predicted molar refractivity (Wildman–Crippen MR) is 110 cm³/mol. The molecule has 1 fully saturated rings. The molecular formula is C18H25N5O4S2. The number of carbonyl (C=O) groups excluding carboxylic acids is 1. The number of amides is 1. The number of para-hydroxylation sites is 2. The molecule has 1 amide bonds. The molecule has 0 spiro atoms. The number of carbonyl (C=O) groups is 1.